The fourth-order valence-electron chi connectivity index (χ4n) is 2.77. The van der Waals surface area contributed by atoms with E-state index >= 15 is 0 Å². The second kappa shape index (κ2) is 8.12. The third-order valence-electron chi connectivity index (χ3n) is 4.17. The Kier molecular flexibility index (Phi) is 5.22. The van der Waals surface area contributed by atoms with Crippen LogP contribution >= 0.6 is 11.3 Å². The number of carbonyl (C=O) groups excluding carboxylic acids is 2. The van der Waals surface area contributed by atoms with E-state index in [4.69, 9.17) is 4.42 Å². The number of aryl methyl sites for hydroxylation is 1. The minimum atomic E-state index is -0.468. The van der Waals surface area contributed by atoms with Crippen molar-refractivity contribution >= 4 is 40.2 Å². The standard InChI is InChI=1S/C22H17N3O3S/c1-14-20(29-22(23-14)15-7-3-2-4-8-15)21(27)25-24-19(26)12-11-17-13-16-9-5-6-10-18(16)28-17/h2-13H,1H3,(H,24,26)(H,25,27)/b12-11+. The van der Waals surface area contributed by atoms with Gasteiger partial charge in [-0.1, -0.05) is 48.5 Å². The van der Waals surface area contributed by atoms with Crippen LogP contribution in [-0.4, -0.2) is 16.8 Å². The van der Waals surface area contributed by atoms with Gasteiger partial charge in [0, 0.05) is 17.0 Å². The Bertz CT molecular complexity index is 1180. The minimum Gasteiger partial charge on any atom is -0.457 e. The molecule has 0 fully saturated rings. The van der Waals surface area contributed by atoms with Crippen LogP contribution in [0.4, 0.5) is 0 Å². The second-order valence-corrected chi connectivity index (χ2v) is 7.26. The number of aromatic nitrogens is 1. The number of para-hydroxylation sites is 1. The van der Waals surface area contributed by atoms with Crippen LogP contribution in [0.15, 0.2) is 71.2 Å². The molecule has 2 heterocycles. The first-order valence-electron chi connectivity index (χ1n) is 8.90. The van der Waals surface area contributed by atoms with Gasteiger partial charge in [-0.3, -0.25) is 20.4 Å². The Hall–Kier alpha value is -3.71. The van der Waals surface area contributed by atoms with Gasteiger partial charge in [0.2, 0.25) is 0 Å². The lowest BCUT2D eigenvalue weighted by Gasteiger charge is -2.03. The number of nitrogens with one attached hydrogen (secondary N) is 2. The van der Waals surface area contributed by atoms with E-state index in [1.807, 2.05) is 60.7 Å². The zero-order chi connectivity index (χ0) is 20.2. The first kappa shape index (κ1) is 18.6. The van der Waals surface area contributed by atoms with E-state index in [1.54, 1.807) is 13.0 Å². The number of thiazole rings is 1. The summed E-state index contributed by atoms with van der Waals surface area (Å²) in [6.07, 6.45) is 2.85. The average Bonchev–Trinajstić information content (AvgIpc) is 3.34. The van der Waals surface area contributed by atoms with Crippen molar-refractivity contribution in [2.24, 2.45) is 0 Å². The van der Waals surface area contributed by atoms with Crippen molar-refractivity contribution < 1.29 is 14.0 Å². The first-order chi connectivity index (χ1) is 14.1. The summed E-state index contributed by atoms with van der Waals surface area (Å²) in [6, 6.07) is 19.0. The van der Waals surface area contributed by atoms with Crippen molar-refractivity contribution in [1.82, 2.24) is 15.8 Å². The lowest BCUT2D eigenvalue weighted by Crippen LogP contribution is -2.40. The Morgan fingerprint density at radius 3 is 2.59 bits per heavy atom. The predicted molar refractivity (Wildman–Crippen MR) is 113 cm³/mol. The van der Waals surface area contributed by atoms with Gasteiger partial charge in [0.05, 0.1) is 5.69 Å². The molecule has 0 saturated carbocycles. The van der Waals surface area contributed by atoms with Gasteiger partial charge in [-0.2, -0.15) is 0 Å². The molecule has 4 rings (SSSR count). The number of nitrogens with zero attached hydrogens (tertiary/aromatic N) is 1. The van der Waals surface area contributed by atoms with E-state index in [1.165, 1.54) is 17.4 Å². The average molecular weight is 403 g/mol. The number of hydrogen-bond donors (Lipinski definition) is 2. The van der Waals surface area contributed by atoms with Crippen LogP contribution in [0.2, 0.25) is 0 Å². The second-order valence-electron chi connectivity index (χ2n) is 6.26. The van der Waals surface area contributed by atoms with E-state index in [-0.39, 0.29) is 0 Å². The van der Waals surface area contributed by atoms with Crippen LogP contribution in [-0.2, 0) is 4.79 Å². The Morgan fingerprint density at radius 1 is 1.03 bits per heavy atom. The normalized spacial score (nSPS) is 11.1. The number of fused-ring (bicyclic) bond motifs is 1. The van der Waals surface area contributed by atoms with Gasteiger partial charge >= 0.3 is 0 Å². The van der Waals surface area contributed by atoms with Crippen molar-refractivity contribution in [3.8, 4) is 10.6 Å². The number of amides is 2. The van der Waals surface area contributed by atoms with Gasteiger partial charge in [0.25, 0.3) is 11.8 Å². The third-order valence-corrected chi connectivity index (χ3v) is 5.37. The Balaban J connectivity index is 1.38. The van der Waals surface area contributed by atoms with Gasteiger partial charge in [0.1, 0.15) is 21.2 Å². The summed E-state index contributed by atoms with van der Waals surface area (Å²) < 4.78 is 5.61. The van der Waals surface area contributed by atoms with Crippen LogP contribution in [0.5, 0.6) is 0 Å². The molecule has 144 valence electrons. The smallest absolute Gasteiger partial charge is 0.281 e. The molecule has 0 unspecified atom stereocenters. The molecule has 0 aliphatic rings. The summed E-state index contributed by atoms with van der Waals surface area (Å²) in [7, 11) is 0. The quantitative estimate of drug-likeness (QED) is 0.392. The van der Waals surface area contributed by atoms with Crippen molar-refractivity contribution in [2.75, 3.05) is 0 Å². The number of benzene rings is 2. The Morgan fingerprint density at radius 2 is 1.79 bits per heavy atom. The van der Waals surface area contributed by atoms with Crippen LogP contribution in [0.25, 0.3) is 27.6 Å². The van der Waals surface area contributed by atoms with Crippen molar-refractivity contribution in [1.29, 1.82) is 0 Å². The number of hydrogen-bond acceptors (Lipinski definition) is 5. The summed E-state index contributed by atoms with van der Waals surface area (Å²) in [4.78, 5) is 29.3. The van der Waals surface area contributed by atoms with E-state index in [9.17, 15) is 9.59 Å². The molecule has 2 aromatic heterocycles. The fourth-order valence-corrected chi connectivity index (χ4v) is 3.74. The highest BCUT2D eigenvalue weighted by Gasteiger charge is 2.16. The summed E-state index contributed by atoms with van der Waals surface area (Å²) in [5, 5.41) is 1.71. The van der Waals surface area contributed by atoms with E-state index < -0.39 is 11.8 Å². The maximum Gasteiger partial charge on any atom is 0.281 e. The number of rotatable bonds is 4. The van der Waals surface area contributed by atoms with Gasteiger partial charge in [0.15, 0.2) is 0 Å². The van der Waals surface area contributed by atoms with Gasteiger partial charge in [-0.15, -0.1) is 11.3 Å². The van der Waals surface area contributed by atoms with Crippen molar-refractivity contribution in [2.45, 2.75) is 6.92 Å². The molecule has 4 aromatic rings. The van der Waals surface area contributed by atoms with Crippen molar-refractivity contribution in [3.63, 3.8) is 0 Å². The fraction of sp³-hybridized carbons (Fsp3) is 0.0455. The van der Waals surface area contributed by atoms with E-state index in [0.29, 0.717) is 16.3 Å². The zero-order valence-electron chi connectivity index (χ0n) is 15.5. The third kappa shape index (κ3) is 4.25. The van der Waals surface area contributed by atoms with E-state index in [0.717, 1.165) is 21.5 Å². The SMILES string of the molecule is Cc1nc(-c2ccccc2)sc1C(=O)NNC(=O)/C=C/c1cc2ccccc2o1. The van der Waals surface area contributed by atoms with Crippen LogP contribution in [0, 0.1) is 6.92 Å². The highest BCUT2D eigenvalue weighted by atomic mass is 32.1. The summed E-state index contributed by atoms with van der Waals surface area (Å²) in [6.45, 7) is 1.77. The molecule has 7 heteroatoms. The molecule has 2 aromatic carbocycles. The molecule has 0 aliphatic heterocycles. The predicted octanol–water partition coefficient (Wildman–Crippen LogP) is 4.34. The molecule has 2 amide bonds. The maximum absolute atomic E-state index is 12.4. The highest BCUT2D eigenvalue weighted by molar-refractivity contribution is 7.17. The Labute approximate surface area is 170 Å². The van der Waals surface area contributed by atoms with Gasteiger partial charge < -0.3 is 4.42 Å². The summed E-state index contributed by atoms with van der Waals surface area (Å²) >= 11 is 1.28. The molecule has 0 aliphatic carbocycles. The molecule has 29 heavy (non-hydrogen) atoms. The van der Waals surface area contributed by atoms with Crippen LogP contribution < -0.4 is 10.9 Å². The molecule has 0 bridgehead atoms. The molecular weight excluding hydrogens is 386 g/mol. The molecule has 0 atom stereocenters. The topological polar surface area (TPSA) is 84.2 Å². The van der Waals surface area contributed by atoms with Crippen molar-refractivity contribution in [3.05, 3.63) is 83.1 Å². The monoisotopic (exact) mass is 403 g/mol. The van der Waals surface area contributed by atoms with Crippen LogP contribution in [0.1, 0.15) is 21.1 Å². The molecular formula is C22H17N3O3S. The first-order valence-corrected chi connectivity index (χ1v) is 9.71. The summed E-state index contributed by atoms with van der Waals surface area (Å²) in [5.41, 5.74) is 7.09. The largest absolute Gasteiger partial charge is 0.457 e. The highest BCUT2D eigenvalue weighted by Crippen LogP contribution is 2.27. The minimum absolute atomic E-state index is 0.410. The molecule has 0 spiro atoms. The number of hydrazine groups is 1. The van der Waals surface area contributed by atoms with Crippen LogP contribution in [0.3, 0.4) is 0 Å². The maximum atomic E-state index is 12.4. The molecule has 0 saturated heterocycles. The van der Waals surface area contributed by atoms with Gasteiger partial charge in [-0.25, -0.2) is 4.98 Å². The van der Waals surface area contributed by atoms with Gasteiger partial charge in [-0.05, 0) is 25.1 Å². The van der Waals surface area contributed by atoms with E-state index in [2.05, 4.69) is 15.8 Å². The lowest BCUT2D eigenvalue weighted by atomic mass is 10.2. The zero-order valence-corrected chi connectivity index (χ0v) is 16.3. The lowest BCUT2D eigenvalue weighted by molar-refractivity contribution is -0.117. The number of carbonyl (C=O) groups is 2. The molecule has 2 N–H and O–H groups in total. The summed E-state index contributed by atoms with van der Waals surface area (Å²) in [5.74, 6) is -0.324. The molecule has 6 nitrogen and oxygen atoms in total. The molecule has 0 radical (unpaired) electrons. The number of furan rings is 1.